The van der Waals surface area contributed by atoms with Crippen LogP contribution in [-0.2, 0) is 0 Å². The summed E-state index contributed by atoms with van der Waals surface area (Å²) in [5.41, 5.74) is 14.5. The molecule has 0 bridgehead atoms. The van der Waals surface area contributed by atoms with Crippen LogP contribution in [0, 0.1) is 3.57 Å². The molecule has 0 aliphatic rings. The van der Waals surface area contributed by atoms with Crippen LogP contribution in [-0.4, -0.2) is 0 Å². The molecule has 0 atom stereocenters. The third kappa shape index (κ3) is 3.04. The molecule has 0 aliphatic heterocycles. The van der Waals surface area contributed by atoms with Crippen molar-refractivity contribution in [3.8, 4) is 0 Å². The molecule has 17 heavy (non-hydrogen) atoms. The normalized spacial score (nSPS) is 10.2. The van der Waals surface area contributed by atoms with E-state index in [1.807, 2.05) is 24.3 Å². The van der Waals surface area contributed by atoms with Crippen molar-refractivity contribution in [2.45, 2.75) is 0 Å². The van der Waals surface area contributed by atoms with Gasteiger partial charge in [-0.3, -0.25) is 0 Å². The third-order valence-corrected chi connectivity index (χ3v) is 4.62. The summed E-state index contributed by atoms with van der Waals surface area (Å²) in [6.07, 6.45) is 0. The minimum Gasteiger partial charge on any atom is -0.397 e. The van der Waals surface area contributed by atoms with Crippen LogP contribution in [0.1, 0.15) is 0 Å². The van der Waals surface area contributed by atoms with Crippen LogP contribution in [0.3, 0.4) is 0 Å². The van der Waals surface area contributed by atoms with Gasteiger partial charge >= 0.3 is 0 Å². The number of anilines is 4. The Morgan fingerprint density at radius 2 is 1.59 bits per heavy atom. The highest BCUT2D eigenvalue weighted by Crippen LogP contribution is 2.26. The van der Waals surface area contributed by atoms with Crippen molar-refractivity contribution in [2.24, 2.45) is 0 Å². The summed E-state index contributed by atoms with van der Waals surface area (Å²) < 4.78 is 2.23. The summed E-state index contributed by atoms with van der Waals surface area (Å²) in [5, 5.41) is 3.28. The highest BCUT2D eigenvalue weighted by molar-refractivity contribution is 14.1. The average Bonchev–Trinajstić information content (AvgIpc) is 2.29. The average molecular weight is 404 g/mol. The smallest absolute Gasteiger partial charge is 0.0568 e. The van der Waals surface area contributed by atoms with Gasteiger partial charge in [-0.1, -0.05) is 0 Å². The Bertz CT molecular complexity index is 508. The quantitative estimate of drug-likeness (QED) is 0.525. The molecule has 0 fully saturated rings. The first-order chi connectivity index (χ1) is 8.06. The molecule has 88 valence electrons. The van der Waals surface area contributed by atoms with Crippen LogP contribution >= 0.6 is 38.5 Å². The number of hydrogen-bond acceptors (Lipinski definition) is 3. The Morgan fingerprint density at radius 3 is 2.24 bits per heavy atom. The van der Waals surface area contributed by atoms with Crippen molar-refractivity contribution >= 4 is 61.3 Å². The molecular weight excluding hydrogens is 393 g/mol. The van der Waals surface area contributed by atoms with Crippen LogP contribution in [0.25, 0.3) is 0 Å². The molecule has 0 heterocycles. The molecule has 0 amide bonds. The van der Waals surface area contributed by atoms with Crippen molar-refractivity contribution in [1.29, 1.82) is 0 Å². The molecule has 2 aromatic carbocycles. The summed E-state index contributed by atoms with van der Waals surface area (Å²) in [5.74, 6) is 0. The number of nitrogen functional groups attached to an aromatic ring is 2. The Balaban J connectivity index is 2.25. The first-order valence-corrected chi connectivity index (χ1v) is 6.80. The summed E-state index contributed by atoms with van der Waals surface area (Å²) in [6, 6.07) is 11.6. The lowest BCUT2D eigenvalue weighted by Crippen LogP contribution is -1.97. The summed E-state index contributed by atoms with van der Waals surface area (Å²) in [6.45, 7) is 0. The van der Waals surface area contributed by atoms with Crippen molar-refractivity contribution in [3.05, 3.63) is 44.4 Å². The Kier molecular flexibility index (Phi) is 3.78. The summed E-state index contributed by atoms with van der Waals surface area (Å²) >= 11 is 5.74. The molecule has 0 aliphatic carbocycles. The van der Waals surface area contributed by atoms with E-state index in [-0.39, 0.29) is 0 Å². The van der Waals surface area contributed by atoms with Crippen molar-refractivity contribution < 1.29 is 0 Å². The Labute approximate surface area is 122 Å². The van der Waals surface area contributed by atoms with E-state index in [9.17, 15) is 0 Å². The van der Waals surface area contributed by atoms with Crippen LogP contribution in [0.15, 0.2) is 40.9 Å². The van der Waals surface area contributed by atoms with Crippen molar-refractivity contribution in [1.82, 2.24) is 0 Å². The maximum Gasteiger partial charge on any atom is 0.0568 e. The number of hydrogen-bond donors (Lipinski definition) is 3. The molecular formula is C12H11BrIN3. The molecule has 0 unspecified atom stereocenters. The fourth-order valence-corrected chi connectivity index (χ4v) is 2.15. The van der Waals surface area contributed by atoms with E-state index >= 15 is 0 Å². The number of nitrogens with two attached hydrogens (primary N) is 2. The molecule has 3 nitrogen and oxygen atoms in total. The minimum atomic E-state index is 0.585. The van der Waals surface area contributed by atoms with Crippen LogP contribution in [0.4, 0.5) is 22.7 Å². The van der Waals surface area contributed by atoms with Gasteiger partial charge in [-0.05, 0) is 74.9 Å². The van der Waals surface area contributed by atoms with E-state index < -0.39 is 0 Å². The van der Waals surface area contributed by atoms with E-state index in [2.05, 4.69) is 49.9 Å². The van der Waals surface area contributed by atoms with E-state index in [4.69, 9.17) is 11.5 Å². The van der Waals surface area contributed by atoms with Gasteiger partial charge in [-0.25, -0.2) is 0 Å². The zero-order valence-corrected chi connectivity index (χ0v) is 12.6. The third-order valence-electron chi connectivity index (χ3n) is 2.30. The molecule has 2 rings (SSSR count). The Hall–Kier alpha value is -0.950. The molecule has 0 aromatic heterocycles. The lowest BCUT2D eigenvalue weighted by Gasteiger charge is -2.09. The molecule has 0 spiro atoms. The topological polar surface area (TPSA) is 64.1 Å². The standard InChI is InChI=1S/C12H11BrIN3/c13-9-3-1-7(5-10(9)14)17-8-2-4-11(15)12(16)6-8/h1-6,17H,15-16H2. The van der Waals surface area contributed by atoms with Crippen LogP contribution in [0.2, 0.25) is 0 Å². The zero-order chi connectivity index (χ0) is 12.4. The van der Waals surface area contributed by atoms with Crippen molar-refractivity contribution in [2.75, 3.05) is 16.8 Å². The van der Waals surface area contributed by atoms with Crippen LogP contribution in [0.5, 0.6) is 0 Å². The monoisotopic (exact) mass is 403 g/mol. The maximum atomic E-state index is 5.75. The first-order valence-electron chi connectivity index (χ1n) is 4.93. The second-order valence-corrected chi connectivity index (χ2v) is 5.61. The Morgan fingerprint density at radius 1 is 0.941 bits per heavy atom. The predicted octanol–water partition coefficient (Wildman–Crippen LogP) is 3.96. The van der Waals surface area contributed by atoms with Gasteiger partial charge in [0.2, 0.25) is 0 Å². The van der Waals surface area contributed by atoms with Gasteiger partial charge in [0.15, 0.2) is 0 Å². The highest BCUT2D eigenvalue weighted by atomic mass is 127. The van der Waals surface area contributed by atoms with Gasteiger partial charge in [0.25, 0.3) is 0 Å². The number of benzene rings is 2. The molecule has 5 N–H and O–H groups in total. The molecule has 5 heteroatoms. The zero-order valence-electron chi connectivity index (χ0n) is 8.87. The van der Waals surface area contributed by atoms with E-state index in [0.29, 0.717) is 11.4 Å². The van der Waals surface area contributed by atoms with Gasteiger partial charge in [0.05, 0.1) is 11.4 Å². The fourth-order valence-electron chi connectivity index (χ4n) is 1.39. The van der Waals surface area contributed by atoms with Gasteiger partial charge in [-0.15, -0.1) is 0 Å². The molecule has 0 saturated carbocycles. The first kappa shape index (κ1) is 12.5. The molecule has 2 aromatic rings. The van der Waals surface area contributed by atoms with E-state index in [1.165, 1.54) is 0 Å². The SMILES string of the molecule is Nc1ccc(Nc2ccc(Br)c(I)c2)cc1N. The lowest BCUT2D eigenvalue weighted by atomic mass is 10.2. The predicted molar refractivity (Wildman–Crippen MR) is 85.4 cm³/mol. The number of rotatable bonds is 2. The van der Waals surface area contributed by atoms with E-state index in [1.54, 1.807) is 6.07 Å². The summed E-state index contributed by atoms with van der Waals surface area (Å²) in [7, 11) is 0. The second kappa shape index (κ2) is 5.14. The molecule has 0 radical (unpaired) electrons. The number of nitrogens with one attached hydrogen (secondary N) is 1. The number of halogens is 2. The van der Waals surface area contributed by atoms with Crippen LogP contribution < -0.4 is 16.8 Å². The molecule has 0 saturated heterocycles. The summed E-state index contributed by atoms with van der Waals surface area (Å²) in [4.78, 5) is 0. The van der Waals surface area contributed by atoms with Gasteiger partial charge < -0.3 is 16.8 Å². The highest BCUT2D eigenvalue weighted by Gasteiger charge is 2.01. The lowest BCUT2D eigenvalue weighted by molar-refractivity contribution is 1.51. The van der Waals surface area contributed by atoms with Gasteiger partial charge in [0, 0.05) is 19.4 Å². The van der Waals surface area contributed by atoms with Crippen molar-refractivity contribution in [3.63, 3.8) is 0 Å². The van der Waals surface area contributed by atoms with Gasteiger partial charge in [0.1, 0.15) is 0 Å². The van der Waals surface area contributed by atoms with Gasteiger partial charge in [-0.2, -0.15) is 0 Å². The van der Waals surface area contributed by atoms with E-state index in [0.717, 1.165) is 19.4 Å². The second-order valence-electron chi connectivity index (χ2n) is 3.60. The fraction of sp³-hybridized carbons (Fsp3) is 0. The minimum absolute atomic E-state index is 0.585. The maximum absolute atomic E-state index is 5.75. The largest absolute Gasteiger partial charge is 0.397 e.